The van der Waals surface area contributed by atoms with Crippen molar-refractivity contribution in [3.8, 4) is 0 Å². The van der Waals surface area contributed by atoms with E-state index in [-0.39, 0.29) is 36.4 Å². The zero-order valence-electron chi connectivity index (χ0n) is 13.4. The highest BCUT2D eigenvalue weighted by Crippen LogP contribution is 2.55. The molecule has 2 heterocycles. The Hall–Kier alpha value is -1.84. The van der Waals surface area contributed by atoms with Crippen molar-refractivity contribution < 1.29 is 27.1 Å². The highest BCUT2D eigenvalue weighted by molar-refractivity contribution is 7.90. The summed E-state index contributed by atoms with van der Waals surface area (Å²) in [5, 5.41) is 8.31. The number of anilines is 1. The predicted molar refractivity (Wildman–Crippen MR) is 82.3 cm³/mol. The number of fused-ring (bicyclic) bond motifs is 2. The molecule has 0 radical (unpaired) electrons. The lowest BCUT2D eigenvalue weighted by Crippen LogP contribution is -2.28. The summed E-state index contributed by atoms with van der Waals surface area (Å²) in [4.78, 5) is 20.4. The second kappa shape index (κ2) is 5.09. The van der Waals surface area contributed by atoms with Crippen molar-refractivity contribution >= 4 is 21.6 Å². The standard InChI is InChI=1S/C15H17F2N3O4S/c1-25(23,24)14-18-12-7(2-3-15(12,16)17)13(19-14)20-5-9-8(4-11(21)22)10(9)6-20/h8-10H,2-6H2,1H3,(H,21,22)/t8?,9-,10+. The lowest BCUT2D eigenvalue weighted by molar-refractivity contribution is -0.137. The summed E-state index contributed by atoms with van der Waals surface area (Å²) in [5.74, 6) is -3.21. The molecule has 1 saturated carbocycles. The van der Waals surface area contributed by atoms with E-state index < -0.39 is 39.0 Å². The van der Waals surface area contributed by atoms with Crippen molar-refractivity contribution in [2.24, 2.45) is 17.8 Å². The summed E-state index contributed by atoms with van der Waals surface area (Å²) in [5.41, 5.74) is -0.172. The monoisotopic (exact) mass is 373 g/mol. The molecule has 0 bridgehead atoms. The van der Waals surface area contributed by atoms with Gasteiger partial charge in [-0.3, -0.25) is 4.79 Å². The first-order valence-electron chi connectivity index (χ1n) is 8.04. The van der Waals surface area contributed by atoms with Crippen LogP contribution in [0.2, 0.25) is 0 Å². The van der Waals surface area contributed by atoms with Gasteiger partial charge in [0.25, 0.3) is 5.92 Å². The van der Waals surface area contributed by atoms with Crippen LogP contribution in [-0.2, 0) is 27.0 Å². The Morgan fingerprint density at radius 3 is 2.52 bits per heavy atom. The van der Waals surface area contributed by atoms with E-state index in [4.69, 9.17) is 5.11 Å². The van der Waals surface area contributed by atoms with Crippen LogP contribution in [0.15, 0.2) is 5.16 Å². The van der Waals surface area contributed by atoms with E-state index in [9.17, 15) is 22.0 Å². The number of aromatic nitrogens is 2. The lowest BCUT2D eigenvalue weighted by atomic mass is 10.1. The van der Waals surface area contributed by atoms with Gasteiger partial charge in [0.05, 0.1) is 0 Å². The maximum absolute atomic E-state index is 14.1. The molecule has 4 rings (SSSR count). The number of carboxylic acids is 1. The fourth-order valence-corrected chi connectivity index (χ4v) is 4.65. The predicted octanol–water partition coefficient (Wildman–Crippen LogP) is 1.07. The molecule has 1 aromatic rings. The first-order valence-corrected chi connectivity index (χ1v) is 9.93. The number of carbonyl (C=O) groups is 1. The maximum Gasteiger partial charge on any atom is 0.303 e. The van der Waals surface area contributed by atoms with Gasteiger partial charge in [0, 0.05) is 37.8 Å². The zero-order chi connectivity index (χ0) is 18.1. The van der Waals surface area contributed by atoms with Gasteiger partial charge < -0.3 is 10.0 Å². The number of sulfone groups is 1. The summed E-state index contributed by atoms with van der Waals surface area (Å²) >= 11 is 0. The summed E-state index contributed by atoms with van der Waals surface area (Å²) in [6, 6.07) is 0. The summed E-state index contributed by atoms with van der Waals surface area (Å²) in [6.07, 6.45) is 0.708. The Balaban J connectivity index is 1.68. The lowest BCUT2D eigenvalue weighted by Gasteiger charge is -2.23. The molecule has 136 valence electrons. The molecule has 2 aliphatic carbocycles. The first-order chi connectivity index (χ1) is 11.6. The number of piperidine rings is 1. The van der Waals surface area contributed by atoms with Crippen molar-refractivity contribution in [3.05, 3.63) is 11.3 Å². The molecule has 1 N–H and O–H groups in total. The van der Waals surface area contributed by atoms with Gasteiger partial charge >= 0.3 is 5.97 Å². The molecular weight excluding hydrogens is 356 g/mol. The van der Waals surface area contributed by atoms with Gasteiger partial charge in [0.1, 0.15) is 11.5 Å². The van der Waals surface area contributed by atoms with Gasteiger partial charge in [-0.1, -0.05) is 0 Å². The molecule has 1 aromatic heterocycles. The number of hydrogen-bond acceptors (Lipinski definition) is 6. The molecule has 3 atom stereocenters. The van der Waals surface area contributed by atoms with Crippen LogP contribution in [0.25, 0.3) is 0 Å². The molecule has 1 aliphatic heterocycles. The molecule has 0 spiro atoms. The zero-order valence-corrected chi connectivity index (χ0v) is 14.3. The molecular formula is C15H17F2N3O4S. The minimum atomic E-state index is -3.82. The number of hydrogen-bond donors (Lipinski definition) is 1. The quantitative estimate of drug-likeness (QED) is 0.788. The van der Waals surface area contributed by atoms with Crippen LogP contribution in [0, 0.1) is 17.8 Å². The molecule has 0 aromatic carbocycles. The van der Waals surface area contributed by atoms with E-state index in [1.165, 1.54) is 0 Å². The Bertz CT molecular complexity index is 862. The van der Waals surface area contributed by atoms with Gasteiger partial charge in [-0.2, -0.15) is 8.78 Å². The summed E-state index contributed by atoms with van der Waals surface area (Å²) < 4.78 is 51.8. The molecule has 2 fully saturated rings. The van der Waals surface area contributed by atoms with Crippen LogP contribution in [-0.4, -0.2) is 48.8 Å². The van der Waals surface area contributed by atoms with Crippen molar-refractivity contribution in [3.63, 3.8) is 0 Å². The molecule has 3 aliphatic rings. The van der Waals surface area contributed by atoms with Crippen LogP contribution >= 0.6 is 0 Å². The van der Waals surface area contributed by atoms with Gasteiger partial charge in [-0.25, -0.2) is 18.4 Å². The molecule has 10 heteroatoms. The molecule has 0 amide bonds. The number of aliphatic carboxylic acids is 1. The van der Waals surface area contributed by atoms with Crippen LogP contribution in [0.1, 0.15) is 24.1 Å². The second-order valence-electron chi connectivity index (χ2n) is 7.13. The third-order valence-corrected chi connectivity index (χ3v) is 6.26. The Morgan fingerprint density at radius 2 is 1.96 bits per heavy atom. The topological polar surface area (TPSA) is 100 Å². The van der Waals surface area contributed by atoms with Gasteiger partial charge in [0.15, 0.2) is 0 Å². The van der Waals surface area contributed by atoms with Gasteiger partial charge in [0.2, 0.25) is 15.0 Å². The molecule has 1 saturated heterocycles. The molecule has 1 unspecified atom stereocenters. The maximum atomic E-state index is 14.1. The largest absolute Gasteiger partial charge is 0.481 e. The van der Waals surface area contributed by atoms with E-state index in [1.807, 2.05) is 4.90 Å². The van der Waals surface area contributed by atoms with Crippen LogP contribution in [0.5, 0.6) is 0 Å². The van der Waals surface area contributed by atoms with E-state index in [2.05, 4.69) is 9.97 Å². The van der Waals surface area contributed by atoms with Crippen LogP contribution < -0.4 is 4.90 Å². The van der Waals surface area contributed by atoms with Crippen LogP contribution in [0.3, 0.4) is 0 Å². The number of halogens is 2. The molecule has 7 nitrogen and oxygen atoms in total. The average molecular weight is 373 g/mol. The summed E-state index contributed by atoms with van der Waals surface area (Å²) in [6.45, 7) is 1.03. The molecule has 25 heavy (non-hydrogen) atoms. The van der Waals surface area contributed by atoms with Gasteiger partial charge in [-0.15, -0.1) is 0 Å². The van der Waals surface area contributed by atoms with E-state index >= 15 is 0 Å². The summed E-state index contributed by atoms with van der Waals surface area (Å²) in [7, 11) is -3.82. The fraction of sp³-hybridized carbons (Fsp3) is 0.667. The Kier molecular flexibility index (Phi) is 3.38. The minimum absolute atomic E-state index is 0.103. The third kappa shape index (κ3) is 2.66. The Morgan fingerprint density at radius 1 is 1.32 bits per heavy atom. The van der Waals surface area contributed by atoms with Crippen molar-refractivity contribution in [2.75, 3.05) is 24.2 Å². The minimum Gasteiger partial charge on any atom is -0.481 e. The number of rotatable bonds is 4. The van der Waals surface area contributed by atoms with E-state index in [0.29, 0.717) is 18.7 Å². The number of alkyl halides is 2. The number of carboxylic acid groups (broad SMARTS) is 1. The van der Waals surface area contributed by atoms with Crippen molar-refractivity contribution in [1.29, 1.82) is 0 Å². The third-order valence-electron chi connectivity index (χ3n) is 5.41. The number of nitrogens with zero attached hydrogens (tertiary/aromatic N) is 3. The average Bonchev–Trinajstić information content (AvgIpc) is 2.85. The fourth-order valence-electron chi connectivity index (χ4n) is 4.14. The smallest absolute Gasteiger partial charge is 0.303 e. The first kappa shape index (κ1) is 16.6. The Labute approximate surface area is 143 Å². The van der Waals surface area contributed by atoms with E-state index in [0.717, 1.165) is 6.26 Å². The second-order valence-corrected chi connectivity index (χ2v) is 9.04. The normalized spacial score (nSPS) is 29.4. The highest BCUT2D eigenvalue weighted by atomic mass is 32.2. The SMILES string of the molecule is CS(=O)(=O)c1nc(N2C[C@@H]3C(CC(=O)O)[C@@H]3C2)c2c(n1)C(F)(F)CC2. The van der Waals surface area contributed by atoms with Gasteiger partial charge in [-0.05, 0) is 24.2 Å². The van der Waals surface area contributed by atoms with E-state index in [1.54, 1.807) is 0 Å². The highest BCUT2D eigenvalue weighted by Gasteiger charge is 2.57. The van der Waals surface area contributed by atoms with Crippen molar-refractivity contribution in [1.82, 2.24) is 9.97 Å². The van der Waals surface area contributed by atoms with Crippen molar-refractivity contribution in [2.45, 2.75) is 30.3 Å². The van der Waals surface area contributed by atoms with Crippen LogP contribution in [0.4, 0.5) is 14.6 Å².